The van der Waals surface area contributed by atoms with E-state index in [0.717, 1.165) is 57.4 Å². The number of benzene rings is 1. The van der Waals surface area contributed by atoms with Crippen LogP contribution in [-0.2, 0) is 19.6 Å². The van der Waals surface area contributed by atoms with Gasteiger partial charge in [-0.05, 0) is 86.2 Å². The number of hydrogen-bond acceptors (Lipinski definition) is 5. The minimum atomic E-state index is -4.12. The van der Waals surface area contributed by atoms with Gasteiger partial charge in [-0.2, -0.15) is 0 Å². The van der Waals surface area contributed by atoms with Crippen molar-refractivity contribution in [2.75, 3.05) is 0 Å². The Labute approximate surface area is 217 Å². The molecule has 0 saturated heterocycles. The van der Waals surface area contributed by atoms with Crippen molar-refractivity contribution in [3.05, 3.63) is 27.7 Å². The highest BCUT2D eigenvalue weighted by atomic mass is 35.5. The Morgan fingerprint density at radius 2 is 1.71 bits per heavy atom. The summed E-state index contributed by atoms with van der Waals surface area (Å²) in [4.78, 5) is 24.9. The third kappa shape index (κ3) is 4.14. The van der Waals surface area contributed by atoms with Crippen molar-refractivity contribution in [3.8, 4) is 0 Å². The Morgan fingerprint density at radius 1 is 1.00 bits per heavy atom. The number of carbonyl (C=O) groups is 2. The zero-order chi connectivity index (χ0) is 25.3. The lowest BCUT2D eigenvalue weighted by Gasteiger charge is -2.60. The maximum Gasteiger partial charge on any atom is 0.339 e. The maximum absolute atomic E-state index is 13.2. The number of ether oxygens (including phenoxy) is 1. The fourth-order valence-corrected chi connectivity index (χ4v) is 9.68. The number of nitrogens with two attached hydrogens (primary N) is 1. The lowest BCUT2D eigenvalue weighted by atomic mass is 9.45. The first-order valence-corrected chi connectivity index (χ1v) is 14.9. The molecule has 192 valence electrons. The van der Waals surface area contributed by atoms with Crippen LogP contribution >= 0.6 is 23.2 Å². The summed E-state index contributed by atoms with van der Waals surface area (Å²) in [6.45, 7) is 4.67. The number of sulfonamides is 1. The second-order valence-electron chi connectivity index (χ2n) is 11.7. The van der Waals surface area contributed by atoms with Crippen LogP contribution in [-0.4, -0.2) is 26.3 Å². The van der Waals surface area contributed by atoms with E-state index in [1.807, 2.05) is 0 Å². The van der Waals surface area contributed by atoms with Crippen molar-refractivity contribution in [1.82, 2.24) is 0 Å². The topological polar surface area (TPSA) is 104 Å². The predicted octanol–water partition coefficient (Wildman–Crippen LogP) is 5.78. The van der Waals surface area contributed by atoms with E-state index in [2.05, 4.69) is 13.8 Å². The van der Waals surface area contributed by atoms with Crippen molar-refractivity contribution < 1.29 is 22.7 Å². The SMILES string of the molecule is C[C@]12CCC(=O)CC1CCC1C2CC[C@@]2(C)C1CC[C@@H]2OC(=O)c1cc(S(N)(=O)=O)c(Cl)cc1Cl. The number of ketones is 1. The van der Waals surface area contributed by atoms with E-state index in [0.29, 0.717) is 35.9 Å². The van der Waals surface area contributed by atoms with Crippen molar-refractivity contribution in [2.24, 2.45) is 39.6 Å². The summed E-state index contributed by atoms with van der Waals surface area (Å²) in [5.41, 5.74) is 0.0563. The van der Waals surface area contributed by atoms with Gasteiger partial charge in [0.2, 0.25) is 10.0 Å². The summed E-state index contributed by atoms with van der Waals surface area (Å²) in [6.07, 6.45) is 8.29. The molecule has 35 heavy (non-hydrogen) atoms. The van der Waals surface area contributed by atoms with Crippen LogP contribution in [0.25, 0.3) is 0 Å². The molecule has 0 spiro atoms. The van der Waals surface area contributed by atoms with Crippen molar-refractivity contribution in [2.45, 2.75) is 82.6 Å². The highest BCUT2D eigenvalue weighted by Crippen LogP contribution is 2.66. The Balaban J connectivity index is 1.36. The average Bonchev–Trinajstić information content (AvgIpc) is 3.09. The molecule has 0 radical (unpaired) electrons. The highest BCUT2D eigenvalue weighted by Gasteiger charge is 2.61. The first kappa shape index (κ1) is 25.5. The van der Waals surface area contributed by atoms with Crippen molar-refractivity contribution in [3.63, 3.8) is 0 Å². The van der Waals surface area contributed by atoms with Gasteiger partial charge in [0, 0.05) is 18.3 Å². The molecular weight excluding hydrogens is 509 g/mol. The summed E-state index contributed by atoms with van der Waals surface area (Å²) in [5, 5.41) is 5.16. The summed E-state index contributed by atoms with van der Waals surface area (Å²) >= 11 is 12.2. The molecule has 0 aliphatic heterocycles. The normalized spacial score (nSPS) is 38.9. The third-order valence-electron chi connectivity index (χ3n) is 10.2. The smallest absolute Gasteiger partial charge is 0.339 e. The Hall–Kier alpha value is -1.15. The Morgan fingerprint density at radius 3 is 2.43 bits per heavy atom. The van der Waals surface area contributed by atoms with Gasteiger partial charge < -0.3 is 4.74 Å². The van der Waals surface area contributed by atoms with Gasteiger partial charge in [-0.3, -0.25) is 4.79 Å². The monoisotopic (exact) mass is 541 g/mol. The van der Waals surface area contributed by atoms with E-state index in [-0.39, 0.29) is 37.4 Å². The molecule has 0 heterocycles. The molecule has 4 unspecified atom stereocenters. The number of Topliss-reactive ketones (excluding diaryl/α,β-unsaturated/α-hetero) is 1. The van der Waals surface area contributed by atoms with Gasteiger partial charge in [-0.1, -0.05) is 37.0 Å². The van der Waals surface area contributed by atoms with Gasteiger partial charge in [-0.15, -0.1) is 0 Å². The van der Waals surface area contributed by atoms with Gasteiger partial charge in [0.05, 0.1) is 15.6 Å². The van der Waals surface area contributed by atoms with E-state index in [4.69, 9.17) is 33.1 Å². The van der Waals surface area contributed by atoms with Crippen LogP contribution in [0.5, 0.6) is 0 Å². The molecule has 1 aromatic rings. The lowest BCUT2D eigenvalue weighted by molar-refractivity contribution is -0.142. The summed E-state index contributed by atoms with van der Waals surface area (Å²) in [6, 6.07) is 2.33. The summed E-state index contributed by atoms with van der Waals surface area (Å²) < 4.78 is 29.8. The van der Waals surface area contributed by atoms with Gasteiger partial charge in [0.1, 0.15) is 16.8 Å². The van der Waals surface area contributed by atoms with E-state index < -0.39 is 16.0 Å². The Bertz CT molecular complexity index is 1190. The number of hydrogen-bond donors (Lipinski definition) is 1. The molecule has 2 N–H and O–H groups in total. The standard InChI is InChI=1S/C26H33Cl2NO5S/c1-25-9-7-15(30)11-14(25)3-4-16-18-5-6-23(26(18,2)10-8-19(16)25)34-24(31)17-12-22(35(29,32)33)21(28)13-20(17)27/h12-14,16,18-19,23H,3-11H2,1-2H3,(H2,29,32,33)/t14?,16?,18?,19?,23-,25-,26-/m0/s1. The first-order valence-electron chi connectivity index (χ1n) is 12.6. The number of carbonyl (C=O) groups excluding carboxylic acids is 2. The van der Waals surface area contributed by atoms with E-state index in [1.165, 1.54) is 6.07 Å². The molecule has 4 saturated carbocycles. The molecule has 5 rings (SSSR count). The van der Waals surface area contributed by atoms with Gasteiger partial charge in [0.15, 0.2) is 0 Å². The molecule has 4 aliphatic carbocycles. The second kappa shape index (κ2) is 8.71. The number of halogens is 2. The molecule has 4 aliphatic rings. The second-order valence-corrected chi connectivity index (χ2v) is 14.1. The van der Waals surface area contributed by atoms with Gasteiger partial charge in [-0.25, -0.2) is 18.4 Å². The molecule has 0 bridgehead atoms. The zero-order valence-electron chi connectivity index (χ0n) is 20.2. The average molecular weight is 543 g/mol. The number of fused-ring (bicyclic) bond motifs is 5. The van der Waals surface area contributed by atoms with E-state index in [1.54, 1.807) is 0 Å². The minimum absolute atomic E-state index is 0.0360. The van der Waals surface area contributed by atoms with Crippen LogP contribution in [0.3, 0.4) is 0 Å². The quantitative estimate of drug-likeness (QED) is 0.488. The van der Waals surface area contributed by atoms with Crippen LogP contribution in [0.4, 0.5) is 0 Å². The fourth-order valence-electron chi connectivity index (χ4n) is 8.29. The fraction of sp³-hybridized carbons (Fsp3) is 0.692. The van der Waals surface area contributed by atoms with Gasteiger partial charge >= 0.3 is 5.97 Å². The zero-order valence-corrected chi connectivity index (χ0v) is 22.5. The Kier molecular flexibility index (Phi) is 6.35. The van der Waals surface area contributed by atoms with E-state index >= 15 is 0 Å². The number of esters is 1. The molecule has 1 aromatic carbocycles. The van der Waals surface area contributed by atoms with Crippen LogP contribution in [0.2, 0.25) is 10.0 Å². The summed E-state index contributed by atoms with van der Waals surface area (Å²) in [5.74, 6) is 1.95. The first-order chi connectivity index (χ1) is 16.3. The van der Waals surface area contributed by atoms with Crippen LogP contribution < -0.4 is 5.14 Å². The predicted molar refractivity (Wildman–Crippen MR) is 134 cm³/mol. The van der Waals surface area contributed by atoms with Crippen molar-refractivity contribution in [1.29, 1.82) is 0 Å². The third-order valence-corrected chi connectivity index (χ3v) is 11.9. The lowest BCUT2D eigenvalue weighted by Crippen LogP contribution is -2.54. The molecular formula is C26H33Cl2NO5S. The van der Waals surface area contributed by atoms with Crippen LogP contribution in [0, 0.1) is 34.5 Å². The van der Waals surface area contributed by atoms with Crippen LogP contribution in [0.1, 0.15) is 82.0 Å². The molecule has 4 fully saturated rings. The molecule has 0 amide bonds. The maximum atomic E-state index is 13.2. The molecule has 7 atom stereocenters. The minimum Gasteiger partial charge on any atom is -0.458 e. The van der Waals surface area contributed by atoms with Gasteiger partial charge in [0.25, 0.3) is 0 Å². The molecule has 0 aromatic heterocycles. The molecule has 9 heteroatoms. The summed E-state index contributed by atoms with van der Waals surface area (Å²) in [7, 11) is -4.12. The number of primary sulfonamides is 1. The van der Waals surface area contributed by atoms with E-state index in [9.17, 15) is 18.0 Å². The largest absolute Gasteiger partial charge is 0.458 e. The van der Waals surface area contributed by atoms with Crippen molar-refractivity contribution >= 4 is 45.0 Å². The number of rotatable bonds is 3. The highest BCUT2D eigenvalue weighted by molar-refractivity contribution is 7.89. The van der Waals surface area contributed by atoms with Crippen LogP contribution in [0.15, 0.2) is 17.0 Å². The molecule has 6 nitrogen and oxygen atoms in total.